The first-order valence-electron chi connectivity index (χ1n) is 4.38. The van der Waals surface area contributed by atoms with Crippen molar-refractivity contribution in [3.63, 3.8) is 0 Å². The van der Waals surface area contributed by atoms with E-state index >= 15 is 0 Å². The lowest BCUT2D eigenvalue weighted by atomic mass is 10.1. The van der Waals surface area contributed by atoms with E-state index in [1.54, 1.807) is 24.7 Å². The molecule has 1 N–H and O–H groups in total. The van der Waals surface area contributed by atoms with Gasteiger partial charge in [-0.15, -0.1) is 0 Å². The number of nitrogens with one attached hydrogen (secondary N) is 1. The Morgan fingerprint density at radius 1 is 1.47 bits per heavy atom. The van der Waals surface area contributed by atoms with Gasteiger partial charge in [0.1, 0.15) is 0 Å². The van der Waals surface area contributed by atoms with Crippen LogP contribution >= 0.6 is 11.6 Å². The van der Waals surface area contributed by atoms with E-state index in [0.717, 1.165) is 5.56 Å². The molecule has 15 heavy (non-hydrogen) atoms. The number of hydrogen-bond acceptors (Lipinski definition) is 3. The number of Topliss-reactive ketones (excluding diaryl/α,β-unsaturated/α-hetero) is 1. The molecule has 2 aromatic rings. The number of imidazole rings is 1. The Hall–Kier alpha value is -1.68. The van der Waals surface area contributed by atoms with Gasteiger partial charge in [0, 0.05) is 31.2 Å². The highest BCUT2D eigenvalue weighted by atomic mass is 35.5. The van der Waals surface area contributed by atoms with Crippen LogP contribution in [0.3, 0.4) is 0 Å². The highest BCUT2D eigenvalue weighted by molar-refractivity contribution is 6.31. The third-order valence-corrected chi connectivity index (χ3v) is 2.31. The summed E-state index contributed by atoms with van der Waals surface area (Å²) in [6.07, 6.45) is 6.51. The van der Waals surface area contributed by atoms with Crippen molar-refractivity contribution in [2.45, 2.75) is 6.42 Å². The number of nitrogens with zero attached hydrogens (tertiary/aromatic N) is 2. The van der Waals surface area contributed by atoms with Crippen molar-refractivity contribution in [3.8, 4) is 0 Å². The number of carbonyl (C=O) groups excluding carboxylic acids is 1. The van der Waals surface area contributed by atoms with Gasteiger partial charge >= 0.3 is 0 Å². The number of hydrogen-bond donors (Lipinski definition) is 1. The molecule has 0 aliphatic rings. The molecule has 5 heteroatoms. The summed E-state index contributed by atoms with van der Waals surface area (Å²) in [4.78, 5) is 22.1. The number of pyridine rings is 1. The summed E-state index contributed by atoms with van der Waals surface area (Å²) in [7, 11) is 0. The van der Waals surface area contributed by atoms with Crippen molar-refractivity contribution >= 4 is 17.4 Å². The standard InChI is InChI=1S/C10H8ClN3O/c11-8-6-12-2-1-7(8)5-9(15)10-13-3-4-14-10/h1-4,6H,5H2,(H,13,14). The van der Waals surface area contributed by atoms with E-state index in [4.69, 9.17) is 11.6 Å². The quantitative estimate of drug-likeness (QED) is 0.806. The molecule has 0 fully saturated rings. The summed E-state index contributed by atoms with van der Waals surface area (Å²) in [5.74, 6) is 0.260. The zero-order valence-electron chi connectivity index (χ0n) is 7.77. The topological polar surface area (TPSA) is 58.6 Å². The van der Waals surface area contributed by atoms with Gasteiger partial charge in [0.25, 0.3) is 0 Å². The van der Waals surface area contributed by atoms with Crippen LogP contribution in [0.5, 0.6) is 0 Å². The van der Waals surface area contributed by atoms with Gasteiger partial charge in [-0.1, -0.05) is 11.6 Å². The zero-order valence-corrected chi connectivity index (χ0v) is 8.53. The number of ketones is 1. The van der Waals surface area contributed by atoms with Crippen LogP contribution in [0.25, 0.3) is 0 Å². The second-order valence-corrected chi connectivity index (χ2v) is 3.41. The minimum atomic E-state index is -0.0897. The summed E-state index contributed by atoms with van der Waals surface area (Å²) >= 11 is 5.88. The average molecular weight is 222 g/mol. The lowest BCUT2D eigenvalue weighted by molar-refractivity contribution is 0.0984. The fourth-order valence-electron chi connectivity index (χ4n) is 1.22. The first kappa shape index (κ1) is 9.86. The molecule has 76 valence electrons. The van der Waals surface area contributed by atoms with Crippen LogP contribution in [-0.4, -0.2) is 20.7 Å². The third kappa shape index (κ3) is 2.22. The first-order valence-corrected chi connectivity index (χ1v) is 4.76. The predicted molar refractivity (Wildman–Crippen MR) is 55.9 cm³/mol. The van der Waals surface area contributed by atoms with Crippen molar-refractivity contribution in [1.82, 2.24) is 15.0 Å². The van der Waals surface area contributed by atoms with E-state index in [9.17, 15) is 4.79 Å². The normalized spacial score (nSPS) is 10.2. The van der Waals surface area contributed by atoms with Crippen LogP contribution in [0.2, 0.25) is 5.02 Å². The molecule has 0 saturated heterocycles. The molecule has 0 amide bonds. The monoisotopic (exact) mass is 221 g/mol. The van der Waals surface area contributed by atoms with Gasteiger partial charge in [0.2, 0.25) is 5.78 Å². The number of aromatic nitrogens is 3. The summed E-state index contributed by atoms with van der Waals surface area (Å²) in [5.41, 5.74) is 0.757. The third-order valence-electron chi connectivity index (χ3n) is 1.97. The Bertz CT molecular complexity index is 467. The largest absolute Gasteiger partial charge is 0.342 e. The van der Waals surface area contributed by atoms with Crippen LogP contribution in [0, 0.1) is 0 Å². The molecule has 0 saturated carbocycles. The van der Waals surface area contributed by atoms with Crippen LogP contribution < -0.4 is 0 Å². The van der Waals surface area contributed by atoms with Crippen molar-refractivity contribution in [2.24, 2.45) is 0 Å². The zero-order chi connectivity index (χ0) is 10.7. The van der Waals surface area contributed by atoms with Gasteiger partial charge in [-0.2, -0.15) is 0 Å². The molecular formula is C10H8ClN3O. The maximum absolute atomic E-state index is 11.7. The van der Waals surface area contributed by atoms with E-state index in [2.05, 4.69) is 15.0 Å². The molecule has 0 atom stereocenters. The maximum Gasteiger partial charge on any atom is 0.202 e. The molecular weight excluding hydrogens is 214 g/mol. The average Bonchev–Trinajstić information content (AvgIpc) is 2.74. The SMILES string of the molecule is O=C(Cc1ccncc1Cl)c1ncc[nH]1. The Morgan fingerprint density at radius 3 is 3.00 bits per heavy atom. The summed E-state index contributed by atoms with van der Waals surface area (Å²) in [6, 6.07) is 1.73. The number of H-pyrrole nitrogens is 1. The van der Waals surface area contributed by atoms with Crippen LogP contribution in [-0.2, 0) is 6.42 Å². The van der Waals surface area contributed by atoms with Crippen molar-refractivity contribution in [3.05, 3.63) is 47.3 Å². The van der Waals surface area contributed by atoms with Crippen LogP contribution in [0.1, 0.15) is 16.2 Å². The van der Waals surface area contributed by atoms with E-state index in [-0.39, 0.29) is 12.2 Å². The smallest absolute Gasteiger partial charge is 0.202 e. The Labute approximate surface area is 91.3 Å². The molecule has 0 aromatic carbocycles. The number of aromatic amines is 1. The molecule has 2 heterocycles. The minimum absolute atomic E-state index is 0.0897. The molecule has 0 bridgehead atoms. The first-order chi connectivity index (χ1) is 7.27. The Balaban J connectivity index is 2.17. The fraction of sp³-hybridized carbons (Fsp3) is 0.100. The lowest BCUT2D eigenvalue weighted by Gasteiger charge is -2.00. The van der Waals surface area contributed by atoms with E-state index < -0.39 is 0 Å². The van der Waals surface area contributed by atoms with E-state index in [1.165, 1.54) is 6.20 Å². The molecule has 0 unspecified atom stereocenters. The minimum Gasteiger partial charge on any atom is -0.342 e. The van der Waals surface area contributed by atoms with Crippen molar-refractivity contribution in [1.29, 1.82) is 0 Å². The summed E-state index contributed by atoms with van der Waals surface area (Å²) in [6.45, 7) is 0. The van der Waals surface area contributed by atoms with Crippen LogP contribution in [0.4, 0.5) is 0 Å². The number of carbonyl (C=O) groups is 1. The van der Waals surface area contributed by atoms with Crippen LogP contribution in [0.15, 0.2) is 30.9 Å². The molecule has 0 aliphatic heterocycles. The Morgan fingerprint density at radius 2 is 2.33 bits per heavy atom. The fourth-order valence-corrected chi connectivity index (χ4v) is 1.41. The maximum atomic E-state index is 11.7. The Kier molecular flexibility index (Phi) is 2.78. The van der Waals surface area contributed by atoms with Gasteiger partial charge in [-0.05, 0) is 11.6 Å². The van der Waals surface area contributed by atoms with Crippen molar-refractivity contribution in [2.75, 3.05) is 0 Å². The summed E-state index contributed by atoms with van der Waals surface area (Å²) < 4.78 is 0. The van der Waals surface area contributed by atoms with Crippen molar-refractivity contribution < 1.29 is 4.79 Å². The molecule has 2 aromatic heterocycles. The van der Waals surface area contributed by atoms with Gasteiger partial charge in [0.05, 0.1) is 5.02 Å². The van der Waals surface area contributed by atoms with Gasteiger partial charge in [0.15, 0.2) is 5.82 Å². The number of halogens is 1. The molecule has 2 rings (SSSR count). The van der Waals surface area contributed by atoms with Gasteiger partial charge < -0.3 is 4.98 Å². The highest BCUT2D eigenvalue weighted by Gasteiger charge is 2.10. The molecule has 0 radical (unpaired) electrons. The highest BCUT2D eigenvalue weighted by Crippen LogP contribution is 2.15. The molecule has 0 spiro atoms. The van der Waals surface area contributed by atoms with Gasteiger partial charge in [-0.3, -0.25) is 9.78 Å². The van der Waals surface area contributed by atoms with E-state index in [1.807, 2.05) is 0 Å². The lowest BCUT2D eigenvalue weighted by Crippen LogP contribution is -2.06. The second kappa shape index (κ2) is 4.23. The molecule has 4 nitrogen and oxygen atoms in total. The van der Waals surface area contributed by atoms with Gasteiger partial charge in [-0.25, -0.2) is 4.98 Å². The molecule has 0 aliphatic carbocycles. The number of rotatable bonds is 3. The summed E-state index contributed by atoms with van der Waals surface area (Å²) in [5, 5.41) is 0.498. The second-order valence-electron chi connectivity index (χ2n) is 3.00. The predicted octanol–water partition coefficient (Wildman–Crippen LogP) is 1.88. The van der Waals surface area contributed by atoms with E-state index in [0.29, 0.717) is 10.8 Å².